The molecule has 4 heteroatoms. The monoisotopic (exact) mass is 263 g/mol. The van der Waals surface area contributed by atoms with Crippen molar-refractivity contribution in [1.82, 2.24) is 10.6 Å². The third kappa shape index (κ3) is 5.75. The normalized spacial score (nSPS) is 13.2. The molecular formula is C15H25N3O. The van der Waals surface area contributed by atoms with Crippen molar-refractivity contribution in [2.24, 2.45) is 4.99 Å². The number of nitrogens with one attached hydrogen (secondary N) is 2. The molecule has 4 nitrogen and oxygen atoms in total. The first-order chi connectivity index (χ1) is 9.17. The molecule has 1 atom stereocenters. The summed E-state index contributed by atoms with van der Waals surface area (Å²) in [6.45, 7) is 8.48. The van der Waals surface area contributed by atoms with Gasteiger partial charge in [-0.05, 0) is 19.4 Å². The van der Waals surface area contributed by atoms with E-state index in [1.165, 1.54) is 11.1 Å². The van der Waals surface area contributed by atoms with Crippen LogP contribution in [0.15, 0.2) is 29.3 Å². The molecule has 3 N–H and O–H groups in total. The summed E-state index contributed by atoms with van der Waals surface area (Å²) in [6, 6.07) is 8.53. The van der Waals surface area contributed by atoms with E-state index in [1.807, 2.05) is 6.92 Å². The maximum Gasteiger partial charge on any atom is 0.191 e. The lowest BCUT2D eigenvalue weighted by Crippen LogP contribution is -2.38. The highest BCUT2D eigenvalue weighted by Crippen LogP contribution is 2.16. The van der Waals surface area contributed by atoms with Gasteiger partial charge in [-0.3, -0.25) is 4.99 Å². The van der Waals surface area contributed by atoms with Crippen molar-refractivity contribution in [3.63, 3.8) is 0 Å². The Morgan fingerprint density at radius 1 is 1.37 bits per heavy atom. The van der Waals surface area contributed by atoms with Gasteiger partial charge < -0.3 is 15.7 Å². The number of hydrogen-bond acceptors (Lipinski definition) is 2. The predicted molar refractivity (Wildman–Crippen MR) is 80.7 cm³/mol. The average molecular weight is 263 g/mol. The van der Waals surface area contributed by atoms with Gasteiger partial charge in [0.05, 0.1) is 6.61 Å². The van der Waals surface area contributed by atoms with Crippen molar-refractivity contribution >= 4 is 5.96 Å². The molecule has 0 aliphatic rings. The van der Waals surface area contributed by atoms with Crippen LogP contribution in [0.1, 0.15) is 30.9 Å². The Morgan fingerprint density at radius 2 is 2.16 bits per heavy atom. The number of benzene rings is 1. The summed E-state index contributed by atoms with van der Waals surface area (Å²) >= 11 is 0. The Balaban J connectivity index is 2.60. The largest absolute Gasteiger partial charge is 0.395 e. The van der Waals surface area contributed by atoms with Crippen molar-refractivity contribution in [1.29, 1.82) is 0 Å². The number of aliphatic imine (C=N–C) groups is 1. The van der Waals surface area contributed by atoms with Gasteiger partial charge in [0.15, 0.2) is 5.96 Å². The first-order valence-electron chi connectivity index (χ1n) is 6.87. The highest BCUT2D eigenvalue weighted by Gasteiger charge is 2.05. The molecule has 1 aromatic rings. The van der Waals surface area contributed by atoms with Crippen molar-refractivity contribution in [2.45, 2.75) is 26.7 Å². The minimum atomic E-state index is 0.109. The molecule has 0 aliphatic heterocycles. The quantitative estimate of drug-likeness (QED) is 0.540. The van der Waals surface area contributed by atoms with Gasteiger partial charge in [-0.25, -0.2) is 0 Å². The number of guanidine groups is 1. The summed E-state index contributed by atoms with van der Waals surface area (Å²) < 4.78 is 0. The fourth-order valence-electron chi connectivity index (χ4n) is 1.83. The summed E-state index contributed by atoms with van der Waals surface area (Å²) in [5, 5.41) is 15.1. The number of aliphatic hydroxyl groups excluding tert-OH is 1. The van der Waals surface area contributed by atoms with Crippen LogP contribution in [0.4, 0.5) is 0 Å². The average Bonchev–Trinajstić information content (AvgIpc) is 2.41. The van der Waals surface area contributed by atoms with Crippen LogP contribution in [0.2, 0.25) is 0 Å². The zero-order chi connectivity index (χ0) is 14.1. The number of aryl methyl sites for hydroxylation is 1. The van der Waals surface area contributed by atoms with E-state index >= 15 is 0 Å². The molecule has 19 heavy (non-hydrogen) atoms. The zero-order valence-corrected chi connectivity index (χ0v) is 12.1. The highest BCUT2D eigenvalue weighted by atomic mass is 16.3. The van der Waals surface area contributed by atoms with Crippen LogP contribution in [-0.4, -0.2) is 37.3 Å². The molecule has 0 amide bonds. The molecule has 0 saturated carbocycles. The van der Waals surface area contributed by atoms with E-state index in [0.29, 0.717) is 12.5 Å². The van der Waals surface area contributed by atoms with Gasteiger partial charge in [0, 0.05) is 25.6 Å². The Bertz CT molecular complexity index is 404. The lowest BCUT2D eigenvalue weighted by molar-refractivity contribution is 0.300. The number of hydrogen-bond donors (Lipinski definition) is 3. The van der Waals surface area contributed by atoms with Crippen LogP contribution in [0.25, 0.3) is 0 Å². The van der Waals surface area contributed by atoms with Crippen molar-refractivity contribution in [3.05, 3.63) is 35.4 Å². The number of nitrogens with zero attached hydrogens (tertiary/aromatic N) is 1. The Kier molecular flexibility index (Phi) is 6.97. The summed E-state index contributed by atoms with van der Waals surface area (Å²) in [6.07, 6.45) is 0. The molecule has 1 rings (SSSR count). The smallest absolute Gasteiger partial charge is 0.191 e. The van der Waals surface area contributed by atoms with Crippen LogP contribution >= 0.6 is 0 Å². The van der Waals surface area contributed by atoms with Crippen LogP contribution in [-0.2, 0) is 0 Å². The van der Waals surface area contributed by atoms with Crippen molar-refractivity contribution in [2.75, 3.05) is 26.2 Å². The predicted octanol–water partition coefficient (Wildman–Crippen LogP) is 1.65. The van der Waals surface area contributed by atoms with E-state index in [9.17, 15) is 0 Å². The summed E-state index contributed by atoms with van der Waals surface area (Å²) in [7, 11) is 0. The fraction of sp³-hybridized carbons (Fsp3) is 0.533. The summed E-state index contributed by atoms with van der Waals surface area (Å²) in [5.41, 5.74) is 2.58. The minimum Gasteiger partial charge on any atom is -0.395 e. The summed E-state index contributed by atoms with van der Waals surface area (Å²) in [4.78, 5) is 4.54. The lowest BCUT2D eigenvalue weighted by atomic mass is 10.00. The second-order valence-corrected chi connectivity index (χ2v) is 4.69. The fourth-order valence-corrected chi connectivity index (χ4v) is 1.83. The number of aliphatic hydroxyl groups is 1. The van der Waals surface area contributed by atoms with E-state index in [0.717, 1.165) is 19.0 Å². The van der Waals surface area contributed by atoms with Gasteiger partial charge in [0.25, 0.3) is 0 Å². The van der Waals surface area contributed by atoms with Crippen LogP contribution in [0, 0.1) is 6.92 Å². The maximum atomic E-state index is 8.82. The maximum absolute atomic E-state index is 8.82. The molecule has 0 spiro atoms. The van der Waals surface area contributed by atoms with Crippen LogP contribution in [0.3, 0.4) is 0 Å². The molecule has 0 aliphatic carbocycles. The third-order valence-corrected chi connectivity index (χ3v) is 2.88. The SMILES string of the molecule is CCNC(=NCC(C)c1cccc(C)c1)NCCO. The van der Waals surface area contributed by atoms with Crippen LogP contribution < -0.4 is 10.6 Å². The molecule has 0 heterocycles. The van der Waals surface area contributed by atoms with Gasteiger partial charge in [-0.15, -0.1) is 0 Å². The Labute approximate surface area is 116 Å². The van der Waals surface area contributed by atoms with E-state index in [2.05, 4.69) is 53.7 Å². The van der Waals surface area contributed by atoms with Crippen molar-refractivity contribution in [3.8, 4) is 0 Å². The van der Waals surface area contributed by atoms with Gasteiger partial charge in [0.2, 0.25) is 0 Å². The second kappa shape index (κ2) is 8.53. The van der Waals surface area contributed by atoms with E-state index < -0.39 is 0 Å². The highest BCUT2D eigenvalue weighted by molar-refractivity contribution is 5.79. The third-order valence-electron chi connectivity index (χ3n) is 2.88. The molecular weight excluding hydrogens is 238 g/mol. The molecule has 1 unspecified atom stereocenters. The molecule has 0 radical (unpaired) electrons. The van der Waals surface area contributed by atoms with E-state index in [1.54, 1.807) is 0 Å². The number of rotatable bonds is 6. The first kappa shape index (κ1) is 15.5. The molecule has 1 aromatic carbocycles. The zero-order valence-electron chi connectivity index (χ0n) is 12.1. The van der Waals surface area contributed by atoms with Gasteiger partial charge >= 0.3 is 0 Å². The Hall–Kier alpha value is -1.55. The molecule has 0 aromatic heterocycles. The summed E-state index contributed by atoms with van der Waals surface area (Å²) in [5.74, 6) is 1.14. The molecule has 0 fully saturated rings. The second-order valence-electron chi connectivity index (χ2n) is 4.69. The molecule has 106 valence electrons. The van der Waals surface area contributed by atoms with Crippen LogP contribution in [0.5, 0.6) is 0 Å². The topological polar surface area (TPSA) is 56.7 Å². The van der Waals surface area contributed by atoms with E-state index in [4.69, 9.17) is 5.11 Å². The molecule has 0 saturated heterocycles. The van der Waals surface area contributed by atoms with Crippen molar-refractivity contribution < 1.29 is 5.11 Å². The van der Waals surface area contributed by atoms with Gasteiger partial charge in [-0.1, -0.05) is 36.8 Å². The lowest BCUT2D eigenvalue weighted by Gasteiger charge is -2.13. The van der Waals surface area contributed by atoms with Gasteiger partial charge in [0.1, 0.15) is 0 Å². The standard InChI is InChI=1S/C15H25N3O/c1-4-16-15(17-8-9-19)18-11-13(3)14-7-5-6-12(2)10-14/h5-7,10,13,19H,4,8-9,11H2,1-3H3,(H2,16,17,18). The van der Waals surface area contributed by atoms with E-state index in [-0.39, 0.29) is 6.61 Å². The first-order valence-corrected chi connectivity index (χ1v) is 6.87. The Morgan fingerprint density at radius 3 is 2.79 bits per heavy atom. The minimum absolute atomic E-state index is 0.109. The molecule has 0 bridgehead atoms. The van der Waals surface area contributed by atoms with Gasteiger partial charge in [-0.2, -0.15) is 0 Å².